The molecule has 0 aliphatic heterocycles. The summed E-state index contributed by atoms with van der Waals surface area (Å²) in [6.45, 7) is 5.13. The lowest BCUT2D eigenvalue weighted by atomic mass is 10.2. The van der Waals surface area contributed by atoms with Gasteiger partial charge in [-0.05, 0) is 56.2 Å². The number of carbonyl (C=O) groups is 1. The van der Waals surface area contributed by atoms with Gasteiger partial charge in [0, 0.05) is 6.04 Å². The van der Waals surface area contributed by atoms with Crippen LogP contribution in [0.5, 0.6) is 5.75 Å². The van der Waals surface area contributed by atoms with Gasteiger partial charge < -0.3 is 10.1 Å². The number of carbonyl (C=O) groups excluding carboxylic acids is 1. The number of rotatable bonds is 8. The highest BCUT2D eigenvalue weighted by atomic mass is 35.5. The lowest BCUT2D eigenvalue weighted by Crippen LogP contribution is -2.43. The maximum Gasteiger partial charge on any atom is 0.268 e. The number of halogens is 2. The molecule has 0 fully saturated rings. The van der Waals surface area contributed by atoms with Gasteiger partial charge >= 0.3 is 0 Å². The molecule has 1 N–H and O–H groups in total. The Morgan fingerprint density at radius 1 is 1.17 bits per heavy atom. The van der Waals surface area contributed by atoms with Crippen molar-refractivity contribution in [3.63, 3.8) is 0 Å². The van der Waals surface area contributed by atoms with Crippen molar-refractivity contribution in [3.8, 4) is 5.75 Å². The lowest BCUT2D eigenvalue weighted by molar-refractivity contribution is -0.120. The van der Waals surface area contributed by atoms with Crippen molar-refractivity contribution in [2.45, 2.75) is 38.1 Å². The summed E-state index contributed by atoms with van der Waals surface area (Å²) in [5, 5.41) is 3.25. The fraction of sp³-hybridized carbons (Fsp3) is 0.350. The van der Waals surface area contributed by atoms with E-state index in [0.29, 0.717) is 0 Å². The van der Waals surface area contributed by atoms with Crippen LogP contribution in [-0.2, 0) is 14.8 Å². The summed E-state index contributed by atoms with van der Waals surface area (Å²) in [7, 11) is -2.75. The van der Waals surface area contributed by atoms with Crippen molar-refractivity contribution < 1.29 is 17.9 Å². The minimum atomic E-state index is -4.14. The number of anilines is 1. The number of sulfonamides is 1. The van der Waals surface area contributed by atoms with Crippen LogP contribution in [0.3, 0.4) is 0 Å². The van der Waals surface area contributed by atoms with Crippen LogP contribution in [0, 0.1) is 6.92 Å². The molecule has 158 valence electrons. The molecule has 29 heavy (non-hydrogen) atoms. The molecule has 2 aromatic carbocycles. The molecule has 0 saturated carbocycles. The van der Waals surface area contributed by atoms with E-state index in [1.807, 2.05) is 13.8 Å². The molecule has 0 radical (unpaired) electrons. The van der Waals surface area contributed by atoms with Crippen LogP contribution in [0.4, 0.5) is 5.69 Å². The van der Waals surface area contributed by atoms with E-state index in [-0.39, 0.29) is 32.4 Å². The van der Waals surface area contributed by atoms with E-state index in [1.165, 1.54) is 31.4 Å². The topological polar surface area (TPSA) is 75.7 Å². The third-order valence-corrected chi connectivity index (χ3v) is 6.92. The number of hydrogen-bond acceptors (Lipinski definition) is 4. The molecule has 2 rings (SSSR count). The zero-order chi connectivity index (χ0) is 21.8. The Hall–Kier alpha value is -1.96. The standard InChI is InChI=1S/C20H24Cl2N2O4S/c1-5-14(3)23-20(25)12-24(15-7-8-16(21)17(22)11-15)29(26,27)19-10-13(2)6-9-18(19)28-4/h6-11,14H,5,12H2,1-4H3,(H,23,25)/t14-/m1/s1. The summed E-state index contributed by atoms with van der Waals surface area (Å²) in [4.78, 5) is 12.5. The van der Waals surface area contributed by atoms with E-state index in [9.17, 15) is 13.2 Å². The molecule has 2 aromatic rings. The second kappa shape index (κ2) is 9.69. The number of aryl methyl sites for hydroxylation is 1. The number of ether oxygens (including phenoxy) is 1. The van der Waals surface area contributed by atoms with Crippen LogP contribution in [0.25, 0.3) is 0 Å². The van der Waals surface area contributed by atoms with Crippen LogP contribution >= 0.6 is 23.2 Å². The van der Waals surface area contributed by atoms with Gasteiger partial charge in [0.2, 0.25) is 5.91 Å². The summed E-state index contributed by atoms with van der Waals surface area (Å²) in [5.41, 5.74) is 0.963. The molecule has 0 unspecified atom stereocenters. The molecular weight excluding hydrogens is 435 g/mol. The summed E-state index contributed by atoms with van der Waals surface area (Å²) in [6.07, 6.45) is 0.719. The smallest absolute Gasteiger partial charge is 0.268 e. The number of nitrogens with one attached hydrogen (secondary N) is 1. The molecule has 6 nitrogen and oxygen atoms in total. The number of amides is 1. The minimum absolute atomic E-state index is 0.0394. The molecule has 0 aliphatic rings. The maximum absolute atomic E-state index is 13.5. The first kappa shape index (κ1) is 23.3. The molecule has 0 aromatic heterocycles. The maximum atomic E-state index is 13.5. The Balaban J connectivity index is 2.58. The number of methoxy groups -OCH3 is 1. The van der Waals surface area contributed by atoms with Crippen molar-refractivity contribution in [2.75, 3.05) is 18.0 Å². The lowest BCUT2D eigenvalue weighted by Gasteiger charge is -2.26. The van der Waals surface area contributed by atoms with E-state index >= 15 is 0 Å². The first-order valence-corrected chi connectivity index (χ1v) is 11.2. The van der Waals surface area contributed by atoms with Gasteiger partial charge in [-0.1, -0.05) is 36.2 Å². The second-order valence-electron chi connectivity index (χ2n) is 6.64. The third-order valence-electron chi connectivity index (χ3n) is 4.39. The van der Waals surface area contributed by atoms with Crippen molar-refractivity contribution in [1.29, 1.82) is 0 Å². The quantitative estimate of drug-likeness (QED) is 0.634. The monoisotopic (exact) mass is 458 g/mol. The van der Waals surface area contributed by atoms with E-state index in [0.717, 1.165) is 16.3 Å². The Labute approximate surface area is 181 Å². The van der Waals surface area contributed by atoms with E-state index in [2.05, 4.69) is 5.32 Å². The number of nitrogens with zero attached hydrogens (tertiary/aromatic N) is 1. The van der Waals surface area contributed by atoms with Crippen LogP contribution in [0.15, 0.2) is 41.3 Å². The average Bonchev–Trinajstić information content (AvgIpc) is 2.68. The number of hydrogen-bond donors (Lipinski definition) is 1. The summed E-state index contributed by atoms with van der Waals surface area (Å²) < 4.78 is 33.3. The summed E-state index contributed by atoms with van der Waals surface area (Å²) in [6, 6.07) is 9.15. The second-order valence-corrected chi connectivity index (χ2v) is 9.29. The molecule has 1 atom stereocenters. The van der Waals surface area contributed by atoms with Gasteiger partial charge in [-0.15, -0.1) is 0 Å². The molecule has 0 spiro atoms. The van der Waals surface area contributed by atoms with Crippen molar-refractivity contribution in [3.05, 3.63) is 52.0 Å². The molecular formula is C20H24Cl2N2O4S. The highest BCUT2D eigenvalue weighted by Gasteiger charge is 2.30. The van der Waals surface area contributed by atoms with E-state index in [1.54, 1.807) is 19.1 Å². The predicted octanol–water partition coefficient (Wildman–Crippen LogP) is 4.42. The largest absolute Gasteiger partial charge is 0.495 e. The van der Waals surface area contributed by atoms with Gasteiger partial charge in [-0.25, -0.2) is 8.42 Å². The van der Waals surface area contributed by atoms with Crippen molar-refractivity contribution in [2.24, 2.45) is 0 Å². The van der Waals surface area contributed by atoms with Crippen LogP contribution < -0.4 is 14.4 Å². The first-order valence-electron chi connectivity index (χ1n) is 9.02. The van der Waals surface area contributed by atoms with Crippen LogP contribution in [0.2, 0.25) is 10.0 Å². The molecule has 0 aliphatic carbocycles. The van der Waals surface area contributed by atoms with Gasteiger partial charge in [-0.2, -0.15) is 0 Å². The zero-order valence-corrected chi connectivity index (χ0v) is 19.0. The SMILES string of the molecule is CC[C@@H](C)NC(=O)CN(c1ccc(Cl)c(Cl)c1)S(=O)(=O)c1cc(C)ccc1OC. The normalized spacial score (nSPS) is 12.3. The van der Waals surface area contributed by atoms with Gasteiger partial charge in [-0.3, -0.25) is 9.10 Å². The average molecular weight is 459 g/mol. The van der Waals surface area contributed by atoms with Crippen molar-refractivity contribution in [1.82, 2.24) is 5.32 Å². The molecule has 0 saturated heterocycles. The Kier molecular flexibility index (Phi) is 7.80. The molecule has 0 bridgehead atoms. The highest BCUT2D eigenvalue weighted by molar-refractivity contribution is 7.93. The fourth-order valence-electron chi connectivity index (χ4n) is 2.61. The van der Waals surface area contributed by atoms with Crippen LogP contribution in [-0.4, -0.2) is 34.0 Å². The zero-order valence-electron chi connectivity index (χ0n) is 16.7. The minimum Gasteiger partial charge on any atom is -0.495 e. The third kappa shape index (κ3) is 5.56. The molecule has 0 heterocycles. The number of benzene rings is 2. The van der Waals surface area contributed by atoms with Crippen molar-refractivity contribution >= 4 is 44.8 Å². The van der Waals surface area contributed by atoms with Gasteiger partial charge in [0.15, 0.2) is 0 Å². The Morgan fingerprint density at radius 3 is 2.45 bits per heavy atom. The van der Waals surface area contributed by atoms with Crippen LogP contribution in [0.1, 0.15) is 25.8 Å². The summed E-state index contributed by atoms with van der Waals surface area (Å²) in [5.74, 6) is -0.247. The Morgan fingerprint density at radius 2 is 1.86 bits per heavy atom. The highest BCUT2D eigenvalue weighted by Crippen LogP contribution is 2.33. The van der Waals surface area contributed by atoms with E-state index in [4.69, 9.17) is 27.9 Å². The van der Waals surface area contributed by atoms with E-state index < -0.39 is 22.5 Å². The molecule has 9 heteroatoms. The molecule has 1 amide bonds. The Bertz CT molecular complexity index is 996. The summed E-state index contributed by atoms with van der Waals surface area (Å²) >= 11 is 12.1. The fourth-order valence-corrected chi connectivity index (χ4v) is 4.56. The van der Waals surface area contributed by atoms with Gasteiger partial charge in [0.05, 0.1) is 22.8 Å². The first-order chi connectivity index (χ1) is 13.6. The predicted molar refractivity (Wildman–Crippen MR) is 117 cm³/mol. The van der Waals surface area contributed by atoms with Gasteiger partial charge in [0.25, 0.3) is 10.0 Å². The van der Waals surface area contributed by atoms with Gasteiger partial charge in [0.1, 0.15) is 17.2 Å².